The Kier molecular flexibility index (Phi) is 7.82. The third kappa shape index (κ3) is 6.33. The summed E-state index contributed by atoms with van der Waals surface area (Å²) in [5.74, 6) is -1.32. The predicted molar refractivity (Wildman–Crippen MR) is 95.9 cm³/mol. The molecular weight excluding hydrogens is 368 g/mol. The van der Waals surface area contributed by atoms with E-state index in [1.807, 2.05) is 0 Å². The molecule has 1 rings (SSSR count). The maximum absolute atomic E-state index is 12.1. The summed E-state index contributed by atoms with van der Waals surface area (Å²) in [6.45, 7) is 1.26. The van der Waals surface area contributed by atoms with Crippen LogP contribution in [0.1, 0.15) is 6.92 Å². The van der Waals surface area contributed by atoms with Crippen LogP contribution in [0.25, 0.3) is 0 Å². The molecule has 0 bridgehead atoms. The molecule has 1 amide bonds. The molecule has 0 aliphatic heterocycles. The van der Waals surface area contributed by atoms with Crippen molar-refractivity contribution in [1.29, 1.82) is 0 Å². The fourth-order valence-corrected chi connectivity index (χ4v) is 2.68. The second-order valence-electron chi connectivity index (χ2n) is 4.97. The number of ether oxygens (including phenoxy) is 1. The van der Waals surface area contributed by atoms with Gasteiger partial charge in [-0.3, -0.25) is 4.79 Å². The Balaban J connectivity index is 2.79. The Bertz CT molecular complexity index is 801. The molecule has 9 heteroatoms. The monoisotopic (exact) mass is 386 g/mol. The first kappa shape index (κ1) is 20.9. The normalized spacial score (nSPS) is 12.0. The van der Waals surface area contributed by atoms with Gasteiger partial charge in [0, 0.05) is 20.2 Å². The first-order valence-electron chi connectivity index (χ1n) is 7.16. The molecule has 0 spiro atoms. The SMILES string of the molecule is C/C=C/C=C/C(=O)OCC(=O)Nc1cc(S(=O)(=O)N(C)C)ccc1Cl. The lowest BCUT2D eigenvalue weighted by Gasteiger charge is -2.13. The molecule has 1 aromatic carbocycles. The van der Waals surface area contributed by atoms with E-state index in [0.717, 1.165) is 4.31 Å². The van der Waals surface area contributed by atoms with Gasteiger partial charge in [0.1, 0.15) is 0 Å². The van der Waals surface area contributed by atoms with Crippen molar-refractivity contribution in [2.24, 2.45) is 0 Å². The summed E-state index contributed by atoms with van der Waals surface area (Å²) >= 11 is 5.97. The highest BCUT2D eigenvalue weighted by molar-refractivity contribution is 7.89. The quantitative estimate of drug-likeness (QED) is 0.440. The molecule has 0 fully saturated rings. The van der Waals surface area contributed by atoms with Crippen molar-refractivity contribution in [3.8, 4) is 0 Å². The first-order chi connectivity index (χ1) is 11.7. The molecule has 0 saturated heterocycles. The van der Waals surface area contributed by atoms with Gasteiger partial charge in [-0.1, -0.05) is 29.8 Å². The molecule has 0 aromatic heterocycles. The molecule has 0 aliphatic rings. The number of carbonyl (C=O) groups is 2. The van der Waals surface area contributed by atoms with Crippen LogP contribution in [0.5, 0.6) is 0 Å². The Morgan fingerprint density at radius 2 is 1.96 bits per heavy atom. The third-order valence-corrected chi connectivity index (χ3v) is 5.01. The summed E-state index contributed by atoms with van der Waals surface area (Å²) in [4.78, 5) is 23.2. The lowest BCUT2D eigenvalue weighted by atomic mass is 10.3. The van der Waals surface area contributed by atoms with Gasteiger partial charge in [-0.05, 0) is 25.1 Å². The maximum atomic E-state index is 12.1. The van der Waals surface area contributed by atoms with Gasteiger partial charge in [0.2, 0.25) is 10.0 Å². The number of rotatable bonds is 7. The van der Waals surface area contributed by atoms with E-state index in [9.17, 15) is 18.0 Å². The van der Waals surface area contributed by atoms with E-state index in [0.29, 0.717) is 0 Å². The van der Waals surface area contributed by atoms with Crippen LogP contribution in [-0.4, -0.2) is 45.3 Å². The number of nitrogens with zero attached hydrogens (tertiary/aromatic N) is 1. The lowest BCUT2D eigenvalue weighted by molar-refractivity contribution is -0.142. The van der Waals surface area contributed by atoms with E-state index in [1.165, 1.54) is 44.4 Å². The molecule has 25 heavy (non-hydrogen) atoms. The number of allylic oxidation sites excluding steroid dienone is 3. The predicted octanol–water partition coefficient (Wildman–Crippen LogP) is 2.20. The van der Waals surface area contributed by atoms with Crippen LogP contribution in [0.3, 0.4) is 0 Å². The largest absolute Gasteiger partial charge is 0.452 e. The number of sulfonamides is 1. The van der Waals surface area contributed by atoms with E-state index in [-0.39, 0.29) is 15.6 Å². The minimum Gasteiger partial charge on any atom is -0.452 e. The molecule has 1 aromatic rings. The van der Waals surface area contributed by atoms with Gasteiger partial charge in [-0.25, -0.2) is 17.5 Å². The molecule has 0 unspecified atom stereocenters. The molecule has 136 valence electrons. The van der Waals surface area contributed by atoms with Gasteiger partial charge in [0.15, 0.2) is 6.61 Å². The van der Waals surface area contributed by atoms with Crippen molar-refractivity contribution in [3.05, 3.63) is 47.5 Å². The van der Waals surface area contributed by atoms with Crippen molar-refractivity contribution in [2.45, 2.75) is 11.8 Å². The first-order valence-corrected chi connectivity index (χ1v) is 8.98. The average molecular weight is 387 g/mol. The number of hydrogen-bond acceptors (Lipinski definition) is 5. The minimum atomic E-state index is -3.67. The van der Waals surface area contributed by atoms with E-state index >= 15 is 0 Å². The number of anilines is 1. The van der Waals surface area contributed by atoms with Crippen LogP contribution in [-0.2, 0) is 24.3 Å². The van der Waals surface area contributed by atoms with Crippen molar-refractivity contribution < 1.29 is 22.7 Å². The zero-order chi connectivity index (χ0) is 19.0. The van der Waals surface area contributed by atoms with Gasteiger partial charge < -0.3 is 10.1 Å². The highest BCUT2D eigenvalue weighted by Crippen LogP contribution is 2.26. The summed E-state index contributed by atoms with van der Waals surface area (Å²) in [6.07, 6.45) is 6.02. The zero-order valence-electron chi connectivity index (χ0n) is 14.0. The Morgan fingerprint density at radius 3 is 2.56 bits per heavy atom. The van der Waals surface area contributed by atoms with E-state index in [2.05, 4.69) is 5.32 Å². The summed E-state index contributed by atoms with van der Waals surface area (Å²) in [5, 5.41) is 2.57. The van der Waals surface area contributed by atoms with Gasteiger partial charge in [0.05, 0.1) is 15.6 Å². The smallest absolute Gasteiger partial charge is 0.331 e. The van der Waals surface area contributed by atoms with Crippen molar-refractivity contribution in [3.63, 3.8) is 0 Å². The van der Waals surface area contributed by atoms with Gasteiger partial charge in [0.25, 0.3) is 5.91 Å². The zero-order valence-corrected chi connectivity index (χ0v) is 15.6. The van der Waals surface area contributed by atoms with Gasteiger partial charge >= 0.3 is 5.97 Å². The number of esters is 1. The van der Waals surface area contributed by atoms with Crippen LogP contribution >= 0.6 is 11.6 Å². The molecule has 0 saturated carbocycles. The maximum Gasteiger partial charge on any atom is 0.331 e. The van der Waals surface area contributed by atoms with Crippen LogP contribution in [0.2, 0.25) is 5.02 Å². The second kappa shape index (κ2) is 9.36. The lowest BCUT2D eigenvalue weighted by Crippen LogP contribution is -2.23. The van der Waals surface area contributed by atoms with Crippen LogP contribution in [0.4, 0.5) is 5.69 Å². The average Bonchev–Trinajstić information content (AvgIpc) is 2.55. The standard InChI is InChI=1S/C16H19ClN2O5S/c1-4-5-6-7-16(21)24-11-15(20)18-14-10-12(8-9-13(14)17)25(22,23)19(2)3/h4-10H,11H2,1-3H3,(H,18,20)/b5-4+,7-6+. The van der Waals surface area contributed by atoms with E-state index in [1.54, 1.807) is 19.1 Å². The fourth-order valence-electron chi connectivity index (χ4n) is 1.59. The number of hydrogen-bond donors (Lipinski definition) is 1. The third-order valence-electron chi connectivity index (χ3n) is 2.87. The van der Waals surface area contributed by atoms with Crippen molar-refractivity contribution in [2.75, 3.05) is 26.0 Å². The highest BCUT2D eigenvalue weighted by atomic mass is 35.5. The topological polar surface area (TPSA) is 92.8 Å². The molecule has 0 aliphatic carbocycles. The number of carbonyl (C=O) groups excluding carboxylic acids is 2. The van der Waals surface area contributed by atoms with Crippen molar-refractivity contribution in [1.82, 2.24) is 4.31 Å². The molecule has 0 heterocycles. The summed E-state index contributed by atoms with van der Waals surface area (Å²) in [6, 6.07) is 3.93. The summed E-state index contributed by atoms with van der Waals surface area (Å²) < 4.78 is 30.0. The second-order valence-corrected chi connectivity index (χ2v) is 7.53. The van der Waals surface area contributed by atoms with E-state index in [4.69, 9.17) is 16.3 Å². The molecular formula is C16H19ClN2O5S. The Labute approximate surface area is 152 Å². The number of nitrogens with one attached hydrogen (secondary N) is 1. The fraction of sp³-hybridized carbons (Fsp3) is 0.250. The molecule has 0 radical (unpaired) electrons. The van der Waals surface area contributed by atoms with Crippen LogP contribution < -0.4 is 5.32 Å². The highest BCUT2D eigenvalue weighted by Gasteiger charge is 2.19. The van der Waals surface area contributed by atoms with Crippen LogP contribution in [0.15, 0.2) is 47.4 Å². The Morgan fingerprint density at radius 1 is 1.28 bits per heavy atom. The molecule has 1 N–H and O–H groups in total. The summed E-state index contributed by atoms with van der Waals surface area (Å²) in [7, 11) is -0.885. The van der Waals surface area contributed by atoms with E-state index < -0.39 is 28.5 Å². The Hall–Kier alpha value is -2.16. The van der Waals surface area contributed by atoms with Gasteiger partial charge in [-0.15, -0.1) is 0 Å². The van der Waals surface area contributed by atoms with Crippen LogP contribution in [0, 0.1) is 0 Å². The van der Waals surface area contributed by atoms with Crippen molar-refractivity contribution >= 4 is 39.2 Å². The minimum absolute atomic E-state index is 0.0246. The number of halogens is 1. The molecule has 7 nitrogen and oxygen atoms in total. The number of benzene rings is 1. The summed E-state index contributed by atoms with van der Waals surface area (Å²) in [5.41, 5.74) is 0.107. The number of amides is 1. The van der Waals surface area contributed by atoms with Gasteiger partial charge in [-0.2, -0.15) is 0 Å². The molecule has 0 atom stereocenters.